The predicted octanol–water partition coefficient (Wildman–Crippen LogP) is 1.87. The van der Waals surface area contributed by atoms with Crippen LogP contribution in [0.2, 0.25) is 0 Å². The van der Waals surface area contributed by atoms with Gasteiger partial charge in [-0.15, -0.1) is 0 Å². The average Bonchev–Trinajstić information content (AvgIpc) is 2.11. The van der Waals surface area contributed by atoms with Crippen LogP contribution in [0.15, 0.2) is 48.4 Å². The molecule has 0 rings (SSSR count). The van der Waals surface area contributed by atoms with E-state index in [1.165, 1.54) is 0 Å². The third-order valence-electron chi connectivity index (χ3n) is 1.55. The van der Waals surface area contributed by atoms with Gasteiger partial charge in [0, 0.05) is 18.4 Å². The van der Waals surface area contributed by atoms with E-state index in [1.807, 2.05) is 6.92 Å². The summed E-state index contributed by atoms with van der Waals surface area (Å²) in [5, 5.41) is 5.45. The molecule has 1 amide bonds. The molecule has 0 atom stereocenters. The van der Waals surface area contributed by atoms with Gasteiger partial charge in [0.15, 0.2) is 0 Å². The van der Waals surface area contributed by atoms with E-state index in [4.69, 9.17) is 0 Å². The lowest BCUT2D eigenvalue weighted by Gasteiger charge is -2.12. The molecule has 0 aliphatic heterocycles. The minimum atomic E-state index is -0.197. The highest BCUT2D eigenvalue weighted by atomic mass is 16.1. The molecule has 3 heteroatoms. The topological polar surface area (TPSA) is 41.1 Å². The summed E-state index contributed by atoms with van der Waals surface area (Å²) in [7, 11) is 1.57. The van der Waals surface area contributed by atoms with Gasteiger partial charge in [-0.05, 0) is 19.9 Å². The van der Waals surface area contributed by atoms with Crippen LogP contribution in [0.4, 0.5) is 0 Å². The van der Waals surface area contributed by atoms with Crippen LogP contribution in [-0.4, -0.2) is 13.0 Å². The van der Waals surface area contributed by atoms with Crippen LogP contribution in [0, 0.1) is 0 Å². The number of amides is 1. The van der Waals surface area contributed by atoms with E-state index in [1.54, 1.807) is 20.0 Å². The lowest BCUT2D eigenvalue weighted by Crippen LogP contribution is -2.25. The van der Waals surface area contributed by atoms with Crippen LogP contribution >= 0.6 is 0 Å². The standard InChI is InChI=1S/C12H18N2O/c1-8(2)7-11(12(15)13-6)10(5)14-9(3)4/h7,14H,1,3,5H2,2,4,6H3,(H,13,15)/b11-7+. The second kappa shape index (κ2) is 5.86. The molecule has 0 unspecified atom stereocenters. The Kier molecular flexibility index (Phi) is 5.16. The highest BCUT2D eigenvalue weighted by Crippen LogP contribution is 2.09. The summed E-state index contributed by atoms with van der Waals surface area (Å²) < 4.78 is 0. The molecule has 0 aromatic heterocycles. The maximum Gasteiger partial charge on any atom is 0.253 e. The van der Waals surface area contributed by atoms with E-state index in [9.17, 15) is 4.79 Å². The van der Waals surface area contributed by atoms with Crippen molar-refractivity contribution in [1.29, 1.82) is 0 Å². The highest BCUT2D eigenvalue weighted by Gasteiger charge is 2.10. The van der Waals surface area contributed by atoms with Crippen molar-refractivity contribution in [3.05, 3.63) is 48.4 Å². The fraction of sp³-hybridized carbons (Fsp3) is 0.250. The molecule has 82 valence electrons. The van der Waals surface area contributed by atoms with E-state index in [0.29, 0.717) is 11.3 Å². The third kappa shape index (κ3) is 4.86. The van der Waals surface area contributed by atoms with Crippen LogP contribution in [0.1, 0.15) is 13.8 Å². The molecule has 0 aromatic carbocycles. The van der Waals surface area contributed by atoms with Gasteiger partial charge in [-0.1, -0.05) is 25.3 Å². The Balaban J connectivity index is 4.95. The van der Waals surface area contributed by atoms with Crippen LogP contribution < -0.4 is 10.6 Å². The van der Waals surface area contributed by atoms with Gasteiger partial charge in [0.05, 0.1) is 5.57 Å². The first kappa shape index (κ1) is 13.2. The number of likely N-dealkylation sites (N-methyl/N-ethyl adjacent to an activating group) is 1. The van der Waals surface area contributed by atoms with E-state index in [0.717, 1.165) is 11.3 Å². The predicted molar refractivity (Wildman–Crippen MR) is 64.1 cm³/mol. The molecule has 0 spiro atoms. The molecule has 0 radical (unpaired) electrons. The number of hydrogen-bond donors (Lipinski definition) is 2. The zero-order chi connectivity index (χ0) is 12.0. The summed E-state index contributed by atoms with van der Waals surface area (Å²) in [6.07, 6.45) is 1.68. The fourth-order valence-electron chi connectivity index (χ4n) is 0.996. The molecule has 0 aromatic rings. The van der Waals surface area contributed by atoms with Gasteiger partial charge in [-0.3, -0.25) is 4.79 Å². The Hall–Kier alpha value is -1.77. The number of carbonyl (C=O) groups excluding carboxylic acids is 1. The van der Waals surface area contributed by atoms with Crippen LogP contribution in [0.3, 0.4) is 0 Å². The minimum absolute atomic E-state index is 0.197. The summed E-state index contributed by atoms with van der Waals surface area (Å²) in [5.41, 5.74) is 2.51. The Morgan fingerprint density at radius 1 is 1.20 bits per heavy atom. The van der Waals surface area contributed by atoms with Crippen molar-refractivity contribution in [3.63, 3.8) is 0 Å². The third-order valence-corrected chi connectivity index (χ3v) is 1.55. The molecular weight excluding hydrogens is 188 g/mol. The Morgan fingerprint density at radius 2 is 1.73 bits per heavy atom. The lowest BCUT2D eigenvalue weighted by atomic mass is 10.1. The molecule has 0 aliphatic rings. The zero-order valence-electron chi connectivity index (χ0n) is 9.61. The van der Waals surface area contributed by atoms with Gasteiger partial charge in [0.2, 0.25) is 0 Å². The number of rotatable bonds is 5. The average molecular weight is 206 g/mol. The molecular formula is C12H18N2O. The Bertz CT molecular complexity index is 338. The van der Waals surface area contributed by atoms with Crippen molar-refractivity contribution in [3.8, 4) is 0 Å². The first-order valence-electron chi connectivity index (χ1n) is 4.59. The quantitative estimate of drug-likeness (QED) is 0.532. The first-order chi connectivity index (χ1) is 6.88. The van der Waals surface area contributed by atoms with E-state index >= 15 is 0 Å². The van der Waals surface area contributed by atoms with Gasteiger partial charge in [-0.2, -0.15) is 0 Å². The minimum Gasteiger partial charge on any atom is -0.360 e. The molecule has 2 N–H and O–H groups in total. The van der Waals surface area contributed by atoms with Crippen molar-refractivity contribution in [1.82, 2.24) is 10.6 Å². The molecule has 0 saturated heterocycles. The number of hydrogen-bond acceptors (Lipinski definition) is 2. The second-order valence-corrected chi connectivity index (χ2v) is 3.37. The number of carbonyl (C=O) groups is 1. The van der Waals surface area contributed by atoms with E-state index < -0.39 is 0 Å². The molecule has 0 fully saturated rings. The van der Waals surface area contributed by atoms with E-state index in [2.05, 4.69) is 30.4 Å². The second-order valence-electron chi connectivity index (χ2n) is 3.37. The molecule has 0 saturated carbocycles. The monoisotopic (exact) mass is 206 g/mol. The maximum absolute atomic E-state index is 11.5. The first-order valence-corrected chi connectivity index (χ1v) is 4.59. The zero-order valence-corrected chi connectivity index (χ0v) is 9.61. The Labute approximate surface area is 91.3 Å². The smallest absolute Gasteiger partial charge is 0.253 e. The molecule has 15 heavy (non-hydrogen) atoms. The summed E-state index contributed by atoms with van der Waals surface area (Å²) in [6.45, 7) is 14.8. The fourth-order valence-corrected chi connectivity index (χ4v) is 0.996. The molecule has 0 aliphatic carbocycles. The summed E-state index contributed by atoms with van der Waals surface area (Å²) in [5.74, 6) is -0.197. The Morgan fingerprint density at radius 3 is 2.07 bits per heavy atom. The normalized spacial score (nSPS) is 10.5. The van der Waals surface area contributed by atoms with Crippen LogP contribution in [0.5, 0.6) is 0 Å². The molecule has 0 bridgehead atoms. The van der Waals surface area contributed by atoms with Crippen molar-refractivity contribution >= 4 is 5.91 Å². The van der Waals surface area contributed by atoms with Gasteiger partial charge >= 0.3 is 0 Å². The van der Waals surface area contributed by atoms with Gasteiger partial charge in [0.1, 0.15) is 0 Å². The van der Waals surface area contributed by atoms with Gasteiger partial charge < -0.3 is 10.6 Å². The molecule has 0 heterocycles. The van der Waals surface area contributed by atoms with Gasteiger partial charge in [-0.25, -0.2) is 0 Å². The number of allylic oxidation sites excluding steroid dienone is 3. The maximum atomic E-state index is 11.5. The summed E-state index contributed by atoms with van der Waals surface area (Å²) >= 11 is 0. The largest absolute Gasteiger partial charge is 0.360 e. The van der Waals surface area contributed by atoms with Crippen molar-refractivity contribution in [2.24, 2.45) is 0 Å². The SMILES string of the molecule is C=C(C)/C=C(\C(=C)NC(=C)C)C(=O)NC. The van der Waals surface area contributed by atoms with Gasteiger partial charge in [0.25, 0.3) is 5.91 Å². The van der Waals surface area contributed by atoms with Crippen molar-refractivity contribution < 1.29 is 4.79 Å². The van der Waals surface area contributed by atoms with Crippen LogP contribution in [0.25, 0.3) is 0 Å². The lowest BCUT2D eigenvalue weighted by molar-refractivity contribution is -0.116. The molecule has 3 nitrogen and oxygen atoms in total. The highest BCUT2D eigenvalue weighted by molar-refractivity contribution is 5.97. The van der Waals surface area contributed by atoms with Crippen LogP contribution in [-0.2, 0) is 4.79 Å². The summed E-state index contributed by atoms with van der Waals surface area (Å²) in [6, 6.07) is 0. The number of nitrogens with one attached hydrogen (secondary N) is 2. The summed E-state index contributed by atoms with van der Waals surface area (Å²) in [4.78, 5) is 11.5. The van der Waals surface area contributed by atoms with Crippen molar-refractivity contribution in [2.45, 2.75) is 13.8 Å². The van der Waals surface area contributed by atoms with E-state index in [-0.39, 0.29) is 5.91 Å². The van der Waals surface area contributed by atoms with Crippen molar-refractivity contribution in [2.75, 3.05) is 7.05 Å².